The number of thioether (sulfide) groups is 1. The molecule has 3 amide bonds. The number of carbonyl (C=O) groups is 3. The van der Waals surface area contributed by atoms with Crippen LogP contribution in [0.1, 0.15) is 47.0 Å². The maximum Gasteiger partial charge on any atom is 0.413 e. The van der Waals surface area contributed by atoms with Gasteiger partial charge in [0.2, 0.25) is 5.91 Å². The molecule has 1 aromatic heterocycles. The molecule has 2 aromatic rings. The molecule has 0 spiro atoms. The Morgan fingerprint density at radius 2 is 2.00 bits per heavy atom. The third-order valence-electron chi connectivity index (χ3n) is 5.02. The molecule has 1 aliphatic carbocycles. The lowest BCUT2D eigenvalue weighted by Crippen LogP contribution is -2.31. The van der Waals surface area contributed by atoms with Crippen LogP contribution in [0.4, 0.5) is 9.80 Å². The average molecular weight is 481 g/mol. The summed E-state index contributed by atoms with van der Waals surface area (Å²) in [5, 5.41) is 6.33. The van der Waals surface area contributed by atoms with E-state index in [4.69, 9.17) is 11.6 Å². The van der Waals surface area contributed by atoms with Gasteiger partial charge in [-0.1, -0.05) is 18.5 Å². The molecule has 1 unspecified atom stereocenters. The monoisotopic (exact) mass is 480 g/mol. The molecular formula is C22H25ClN2O4S2. The molecule has 3 rings (SSSR count). The largest absolute Gasteiger partial charge is 0.453 e. The summed E-state index contributed by atoms with van der Waals surface area (Å²) < 4.78 is 4.54. The van der Waals surface area contributed by atoms with Crippen LogP contribution in [-0.2, 0) is 22.4 Å². The standard InChI is InChI=1S/C22H25ClN2O4S2/c1-13-5-10-16-17(12-13)31-21(19(16)20(27)25-22(28)29-2)24-18(26)4-3-11-30-15-8-6-14(23)7-9-15/h6-9,13H,3-5,10-12H2,1-2H3,(H,24,26)(H,25,27,28). The number of alkyl carbamates (subject to hydrolysis) is 1. The highest BCUT2D eigenvalue weighted by Gasteiger charge is 2.29. The Labute approximate surface area is 195 Å². The summed E-state index contributed by atoms with van der Waals surface area (Å²) in [6.07, 6.45) is 2.82. The number of benzene rings is 1. The minimum Gasteiger partial charge on any atom is -0.453 e. The molecule has 0 aliphatic heterocycles. The van der Waals surface area contributed by atoms with E-state index in [1.807, 2.05) is 24.3 Å². The van der Waals surface area contributed by atoms with Gasteiger partial charge in [-0.05, 0) is 67.2 Å². The number of carbonyl (C=O) groups excluding carboxylic acids is 3. The highest BCUT2D eigenvalue weighted by atomic mass is 35.5. The molecule has 1 aliphatic rings. The van der Waals surface area contributed by atoms with Crippen molar-refractivity contribution in [1.29, 1.82) is 0 Å². The zero-order chi connectivity index (χ0) is 22.4. The predicted octanol–water partition coefficient (Wildman–Crippen LogP) is 5.53. The number of methoxy groups -OCH3 is 1. The number of amides is 3. The molecule has 1 aromatic carbocycles. The summed E-state index contributed by atoms with van der Waals surface area (Å²) in [7, 11) is 1.21. The summed E-state index contributed by atoms with van der Waals surface area (Å²) in [5.74, 6) is 0.641. The van der Waals surface area contributed by atoms with Crippen LogP contribution < -0.4 is 10.6 Å². The number of fused-ring (bicyclic) bond motifs is 1. The second-order valence-electron chi connectivity index (χ2n) is 7.46. The van der Waals surface area contributed by atoms with Gasteiger partial charge in [0.25, 0.3) is 5.91 Å². The van der Waals surface area contributed by atoms with Crippen LogP contribution in [0.3, 0.4) is 0 Å². The number of anilines is 1. The van der Waals surface area contributed by atoms with Crippen molar-refractivity contribution < 1.29 is 19.1 Å². The Morgan fingerprint density at radius 1 is 1.26 bits per heavy atom. The average Bonchev–Trinajstić information content (AvgIpc) is 3.09. The topological polar surface area (TPSA) is 84.5 Å². The van der Waals surface area contributed by atoms with E-state index in [0.717, 1.165) is 40.4 Å². The number of ether oxygens (including phenoxy) is 1. The third-order valence-corrected chi connectivity index (χ3v) is 7.54. The van der Waals surface area contributed by atoms with Crippen molar-refractivity contribution in [2.45, 2.75) is 43.9 Å². The Kier molecular flexibility index (Phi) is 8.40. The second-order valence-corrected chi connectivity index (χ2v) is 10.2. The van der Waals surface area contributed by atoms with E-state index in [1.54, 1.807) is 11.8 Å². The maximum absolute atomic E-state index is 12.7. The van der Waals surface area contributed by atoms with Gasteiger partial charge in [0.05, 0.1) is 12.7 Å². The van der Waals surface area contributed by atoms with Crippen molar-refractivity contribution in [2.75, 3.05) is 18.2 Å². The van der Waals surface area contributed by atoms with Gasteiger partial charge in [0, 0.05) is 21.2 Å². The fraction of sp³-hybridized carbons (Fsp3) is 0.409. The fourth-order valence-corrected chi connectivity index (χ4v) is 5.83. The van der Waals surface area contributed by atoms with E-state index in [-0.39, 0.29) is 5.91 Å². The minimum absolute atomic E-state index is 0.143. The highest BCUT2D eigenvalue weighted by molar-refractivity contribution is 7.99. The van der Waals surface area contributed by atoms with E-state index >= 15 is 0 Å². The SMILES string of the molecule is COC(=O)NC(=O)c1c(NC(=O)CCCSc2ccc(Cl)cc2)sc2c1CCC(C)C2. The first-order chi connectivity index (χ1) is 14.9. The molecule has 0 saturated carbocycles. The van der Waals surface area contributed by atoms with Crippen molar-refractivity contribution in [3.8, 4) is 0 Å². The number of hydrogen-bond acceptors (Lipinski definition) is 6. The number of hydrogen-bond donors (Lipinski definition) is 2. The van der Waals surface area contributed by atoms with Crippen LogP contribution in [0.25, 0.3) is 0 Å². The van der Waals surface area contributed by atoms with E-state index in [0.29, 0.717) is 34.3 Å². The van der Waals surface area contributed by atoms with Crippen LogP contribution >= 0.6 is 34.7 Å². The summed E-state index contributed by atoms with van der Waals surface area (Å²) in [6, 6.07) is 7.60. The lowest BCUT2D eigenvalue weighted by Gasteiger charge is -2.18. The van der Waals surface area contributed by atoms with Gasteiger partial charge in [-0.2, -0.15) is 0 Å². The van der Waals surface area contributed by atoms with E-state index in [1.165, 1.54) is 18.4 Å². The molecule has 1 atom stereocenters. The van der Waals surface area contributed by atoms with Crippen LogP contribution in [0.15, 0.2) is 29.2 Å². The normalized spacial score (nSPS) is 15.1. The molecule has 0 saturated heterocycles. The molecule has 9 heteroatoms. The van der Waals surface area contributed by atoms with E-state index < -0.39 is 12.0 Å². The number of nitrogens with one attached hydrogen (secondary N) is 2. The fourth-order valence-electron chi connectivity index (χ4n) is 3.43. The Morgan fingerprint density at radius 3 is 2.71 bits per heavy atom. The first-order valence-electron chi connectivity index (χ1n) is 10.1. The van der Waals surface area contributed by atoms with Crippen LogP contribution in [0.5, 0.6) is 0 Å². The van der Waals surface area contributed by atoms with Crippen molar-refractivity contribution in [3.05, 3.63) is 45.3 Å². The summed E-state index contributed by atoms with van der Waals surface area (Å²) in [5.41, 5.74) is 1.32. The number of imide groups is 1. The van der Waals surface area contributed by atoms with Gasteiger partial charge < -0.3 is 10.1 Å². The van der Waals surface area contributed by atoms with Gasteiger partial charge >= 0.3 is 6.09 Å². The van der Waals surface area contributed by atoms with Crippen molar-refractivity contribution in [3.63, 3.8) is 0 Å². The quantitative estimate of drug-likeness (QED) is 0.402. The third kappa shape index (κ3) is 6.48. The lowest BCUT2D eigenvalue weighted by molar-refractivity contribution is -0.116. The first-order valence-corrected chi connectivity index (χ1v) is 12.3. The zero-order valence-electron chi connectivity index (χ0n) is 17.5. The first kappa shape index (κ1) is 23.6. The van der Waals surface area contributed by atoms with Gasteiger partial charge in [-0.25, -0.2) is 4.79 Å². The molecule has 0 bridgehead atoms. The van der Waals surface area contributed by atoms with Gasteiger partial charge in [-0.3, -0.25) is 14.9 Å². The number of rotatable bonds is 7. The molecule has 0 fully saturated rings. The second kappa shape index (κ2) is 11.0. The van der Waals surface area contributed by atoms with Gasteiger partial charge in [0.15, 0.2) is 0 Å². The zero-order valence-corrected chi connectivity index (χ0v) is 19.8. The molecule has 166 valence electrons. The van der Waals surface area contributed by atoms with Crippen LogP contribution in [0, 0.1) is 5.92 Å². The van der Waals surface area contributed by atoms with Crippen LogP contribution in [-0.4, -0.2) is 30.8 Å². The predicted molar refractivity (Wildman–Crippen MR) is 125 cm³/mol. The van der Waals surface area contributed by atoms with Crippen molar-refractivity contribution >= 4 is 57.6 Å². The minimum atomic E-state index is -0.814. The molecule has 1 heterocycles. The molecule has 31 heavy (non-hydrogen) atoms. The lowest BCUT2D eigenvalue weighted by atomic mass is 9.88. The Hall–Kier alpha value is -2.03. The molecule has 6 nitrogen and oxygen atoms in total. The molecular weight excluding hydrogens is 456 g/mol. The number of halogens is 1. The summed E-state index contributed by atoms with van der Waals surface area (Å²) >= 11 is 8.99. The molecule has 2 N–H and O–H groups in total. The molecule has 0 radical (unpaired) electrons. The van der Waals surface area contributed by atoms with Gasteiger partial charge in [0.1, 0.15) is 5.00 Å². The van der Waals surface area contributed by atoms with Crippen molar-refractivity contribution in [2.24, 2.45) is 5.92 Å². The summed E-state index contributed by atoms with van der Waals surface area (Å²) in [4.78, 5) is 39.0. The summed E-state index contributed by atoms with van der Waals surface area (Å²) in [6.45, 7) is 2.17. The van der Waals surface area contributed by atoms with E-state index in [2.05, 4.69) is 22.3 Å². The Bertz CT molecular complexity index is 959. The van der Waals surface area contributed by atoms with Crippen molar-refractivity contribution in [1.82, 2.24) is 5.32 Å². The number of thiophene rings is 1. The maximum atomic E-state index is 12.7. The highest BCUT2D eigenvalue weighted by Crippen LogP contribution is 2.39. The van der Waals surface area contributed by atoms with Crippen LogP contribution in [0.2, 0.25) is 5.02 Å². The van der Waals surface area contributed by atoms with E-state index in [9.17, 15) is 14.4 Å². The Balaban J connectivity index is 1.62. The van der Waals surface area contributed by atoms with Gasteiger partial charge in [-0.15, -0.1) is 23.1 Å². The smallest absolute Gasteiger partial charge is 0.413 e.